The number of rotatable bonds is 13. The maximum absolute atomic E-state index is 11.9. The summed E-state index contributed by atoms with van der Waals surface area (Å²) in [5.74, 6) is -0.209. The second-order valence-electron chi connectivity index (χ2n) is 4.62. The van der Waals surface area contributed by atoms with Gasteiger partial charge < -0.3 is 25.3 Å². The highest BCUT2D eigenvalue weighted by Gasteiger charge is 2.04. The molecule has 0 unspecified atom stereocenters. The van der Waals surface area contributed by atoms with Crippen molar-refractivity contribution in [1.29, 1.82) is 0 Å². The molecule has 0 aliphatic carbocycles. The molecule has 1 amide bonds. The topological polar surface area (TPSA) is 132 Å². The molecule has 0 saturated carbocycles. The lowest BCUT2D eigenvalue weighted by atomic mass is 10.2. The third-order valence-electron chi connectivity index (χ3n) is 2.83. The Morgan fingerprint density at radius 1 is 1.04 bits per heavy atom. The first kappa shape index (κ1) is 19.9. The number of nitrogens with one attached hydrogen (secondary N) is 1. The van der Waals surface area contributed by atoms with E-state index in [1.807, 2.05) is 0 Å². The molecule has 0 bridgehead atoms. The molecule has 3 N–H and O–H groups in total. The van der Waals surface area contributed by atoms with Gasteiger partial charge in [-0.05, 0) is 17.7 Å². The van der Waals surface area contributed by atoms with E-state index >= 15 is 0 Å². The average Bonchev–Trinajstić information content (AvgIpc) is 2.60. The van der Waals surface area contributed by atoms with Crippen molar-refractivity contribution in [3.63, 3.8) is 0 Å². The molecule has 0 aromatic heterocycles. The van der Waals surface area contributed by atoms with Crippen LogP contribution in [-0.4, -0.2) is 58.6 Å². The molecular formula is C15H23N5O4. The monoisotopic (exact) mass is 337 g/mol. The van der Waals surface area contributed by atoms with Crippen molar-refractivity contribution in [2.45, 2.75) is 0 Å². The molecule has 1 aromatic rings. The number of hydrogen-bond donors (Lipinski definition) is 2. The Kier molecular flexibility index (Phi) is 11.0. The van der Waals surface area contributed by atoms with Gasteiger partial charge in [0.2, 0.25) is 0 Å². The summed E-state index contributed by atoms with van der Waals surface area (Å²) in [6.45, 7) is 3.79. The number of nitrogens with two attached hydrogens (primary N) is 1. The van der Waals surface area contributed by atoms with Gasteiger partial charge in [0.25, 0.3) is 5.91 Å². The van der Waals surface area contributed by atoms with Gasteiger partial charge in [-0.15, -0.1) is 0 Å². The fraction of sp³-hybridized carbons (Fsp3) is 0.533. The molecule has 1 rings (SSSR count). The Labute approximate surface area is 140 Å². The molecule has 132 valence electrons. The summed E-state index contributed by atoms with van der Waals surface area (Å²) in [4.78, 5) is 14.5. The van der Waals surface area contributed by atoms with Crippen LogP contribution in [0.3, 0.4) is 0 Å². The maximum atomic E-state index is 11.9. The molecule has 24 heavy (non-hydrogen) atoms. The molecule has 0 aliphatic heterocycles. The van der Waals surface area contributed by atoms with E-state index < -0.39 is 0 Å². The SMILES string of the molecule is [N-]=[N+]=Nc1ccc(C(=O)NCCOCCOCCOCCN)cc1. The Morgan fingerprint density at radius 2 is 1.62 bits per heavy atom. The quantitative estimate of drug-likeness (QED) is 0.243. The summed E-state index contributed by atoms with van der Waals surface area (Å²) in [6.07, 6.45) is 0. The van der Waals surface area contributed by atoms with Gasteiger partial charge in [0, 0.05) is 29.3 Å². The van der Waals surface area contributed by atoms with Gasteiger partial charge in [0.05, 0.1) is 39.6 Å². The van der Waals surface area contributed by atoms with E-state index in [4.69, 9.17) is 25.5 Å². The van der Waals surface area contributed by atoms with Crippen molar-refractivity contribution in [2.75, 3.05) is 52.7 Å². The van der Waals surface area contributed by atoms with Crippen LogP contribution in [0.5, 0.6) is 0 Å². The van der Waals surface area contributed by atoms with Gasteiger partial charge in [0.1, 0.15) is 0 Å². The zero-order valence-corrected chi connectivity index (χ0v) is 13.5. The second-order valence-corrected chi connectivity index (χ2v) is 4.62. The molecule has 9 heteroatoms. The third-order valence-corrected chi connectivity index (χ3v) is 2.83. The van der Waals surface area contributed by atoms with E-state index in [0.717, 1.165) is 0 Å². The lowest BCUT2D eigenvalue weighted by Crippen LogP contribution is -2.27. The summed E-state index contributed by atoms with van der Waals surface area (Å²) < 4.78 is 15.8. The average molecular weight is 337 g/mol. The molecule has 9 nitrogen and oxygen atoms in total. The van der Waals surface area contributed by atoms with Gasteiger partial charge >= 0.3 is 0 Å². The molecule has 0 atom stereocenters. The molecule has 0 spiro atoms. The van der Waals surface area contributed by atoms with E-state index in [0.29, 0.717) is 64.0 Å². The van der Waals surface area contributed by atoms with E-state index in [1.54, 1.807) is 24.3 Å². The zero-order chi connectivity index (χ0) is 17.5. The first-order valence-electron chi connectivity index (χ1n) is 7.64. The van der Waals surface area contributed by atoms with Crippen molar-refractivity contribution < 1.29 is 19.0 Å². The summed E-state index contributed by atoms with van der Waals surface area (Å²) in [5, 5.41) is 6.18. The number of carbonyl (C=O) groups excluding carboxylic acids is 1. The van der Waals surface area contributed by atoms with Gasteiger partial charge in [0.15, 0.2) is 0 Å². The molecule has 0 fully saturated rings. The molecule has 0 radical (unpaired) electrons. The maximum Gasteiger partial charge on any atom is 0.251 e. The number of hydrogen-bond acceptors (Lipinski definition) is 6. The summed E-state index contributed by atoms with van der Waals surface area (Å²) in [5.41, 5.74) is 14.6. The van der Waals surface area contributed by atoms with Crippen molar-refractivity contribution in [2.24, 2.45) is 10.8 Å². The van der Waals surface area contributed by atoms with Crippen LogP contribution in [0.15, 0.2) is 29.4 Å². The second kappa shape index (κ2) is 13.3. The Balaban J connectivity index is 2.02. The normalized spacial score (nSPS) is 10.2. The smallest absolute Gasteiger partial charge is 0.251 e. The fourth-order valence-electron chi connectivity index (χ4n) is 1.70. The zero-order valence-electron chi connectivity index (χ0n) is 13.5. The lowest BCUT2D eigenvalue weighted by Gasteiger charge is -2.08. The minimum Gasteiger partial charge on any atom is -0.378 e. The van der Waals surface area contributed by atoms with Gasteiger partial charge in [-0.2, -0.15) is 0 Å². The fourth-order valence-corrected chi connectivity index (χ4v) is 1.70. The van der Waals surface area contributed by atoms with Crippen LogP contribution in [0.4, 0.5) is 5.69 Å². The van der Waals surface area contributed by atoms with Crippen LogP contribution in [0.1, 0.15) is 10.4 Å². The molecule has 1 aromatic carbocycles. The highest BCUT2D eigenvalue weighted by Crippen LogP contribution is 2.12. The van der Waals surface area contributed by atoms with Crippen LogP contribution >= 0.6 is 0 Å². The van der Waals surface area contributed by atoms with E-state index in [1.165, 1.54) is 0 Å². The number of benzene rings is 1. The van der Waals surface area contributed by atoms with Gasteiger partial charge in [-0.3, -0.25) is 4.79 Å². The van der Waals surface area contributed by atoms with E-state index in [9.17, 15) is 4.79 Å². The van der Waals surface area contributed by atoms with Crippen LogP contribution in [0, 0.1) is 0 Å². The third kappa shape index (κ3) is 9.09. The van der Waals surface area contributed by atoms with E-state index in [-0.39, 0.29) is 5.91 Å². The van der Waals surface area contributed by atoms with Crippen LogP contribution in [0.2, 0.25) is 0 Å². The minimum atomic E-state index is -0.209. The summed E-state index contributed by atoms with van der Waals surface area (Å²) in [7, 11) is 0. The summed E-state index contributed by atoms with van der Waals surface area (Å²) in [6, 6.07) is 6.36. The van der Waals surface area contributed by atoms with Crippen LogP contribution < -0.4 is 11.1 Å². The van der Waals surface area contributed by atoms with Crippen molar-refractivity contribution in [3.05, 3.63) is 40.3 Å². The Bertz CT molecular complexity index is 517. The number of carbonyl (C=O) groups is 1. The molecule has 0 heterocycles. The van der Waals surface area contributed by atoms with Gasteiger partial charge in [-0.25, -0.2) is 0 Å². The highest BCUT2D eigenvalue weighted by molar-refractivity contribution is 5.94. The predicted octanol–water partition coefficient (Wildman–Crippen LogP) is 1.37. The number of amides is 1. The van der Waals surface area contributed by atoms with Crippen molar-refractivity contribution >= 4 is 11.6 Å². The van der Waals surface area contributed by atoms with Crippen LogP contribution in [0.25, 0.3) is 10.4 Å². The number of nitrogens with zero attached hydrogens (tertiary/aromatic N) is 3. The highest BCUT2D eigenvalue weighted by atomic mass is 16.5. The molecule has 0 aliphatic rings. The van der Waals surface area contributed by atoms with Gasteiger partial charge in [-0.1, -0.05) is 17.2 Å². The van der Waals surface area contributed by atoms with Crippen molar-refractivity contribution in [3.8, 4) is 0 Å². The van der Waals surface area contributed by atoms with E-state index in [2.05, 4.69) is 15.3 Å². The Hall–Kier alpha value is -2.16. The predicted molar refractivity (Wildman–Crippen MR) is 89.1 cm³/mol. The Morgan fingerprint density at radius 3 is 2.21 bits per heavy atom. The first-order chi connectivity index (χ1) is 11.8. The first-order valence-corrected chi connectivity index (χ1v) is 7.64. The summed E-state index contributed by atoms with van der Waals surface area (Å²) >= 11 is 0. The van der Waals surface area contributed by atoms with Crippen LogP contribution in [-0.2, 0) is 14.2 Å². The standard InChI is InChI=1S/C15H23N5O4/c16-5-7-22-9-11-24-12-10-23-8-6-18-15(21)13-1-3-14(4-2-13)19-20-17/h1-4H,5-12,16H2,(H,18,21). The largest absolute Gasteiger partial charge is 0.378 e. The number of ether oxygens (including phenoxy) is 3. The lowest BCUT2D eigenvalue weighted by molar-refractivity contribution is 0.0166. The van der Waals surface area contributed by atoms with Crippen molar-refractivity contribution in [1.82, 2.24) is 5.32 Å². The molecule has 0 saturated heterocycles. The minimum absolute atomic E-state index is 0.209. The molecular weight excluding hydrogens is 314 g/mol. The number of azide groups is 1.